The zero-order chi connectivity index (χ0) is 10.8. The van der Waals surface area contributed by atoms with E-state index < -0.39 is 0 Å². The largest absolute Gasteiger partial charge is 0.491 e. The van der Waals surface area contributed by atoms with Crippen molar-refractivity contribution in [2.24, 2.45) is 0 Å². The summed E-state index contributed by atoms with van der Waals surface area (Å²) in [7, 11) is 1.68. The van der Waals surface area contributed by atoms with Crippen molar-refractivity contribution in [2.45, 2.75) is 41.7 Å². The van der Waals surface area contributed by atoms with Crippen LogP contribution < -0.4 is 4.74 Å². The number of methoxy groups -OCH3 is 1. The standard InChI is InChI=1S/C10H14O2.C2H6.2CH4/c1-9(11-2)8-12-10-6-4-3-5-7-10;1-2;;/h3-7,9H,8H2,1-2H3;1-2H3;2*1H4. The van der Waals surface area contributed by atoms with Crippen molar-refractivity contribution < 1.29 is 9.47 Å². The Morgan fingerprint density at radius 1 is 1.06 bits per heavy atom. The first-order valence-electron chi connectivity index (χ1n) is 5.03. The van der Waals surface area contributed by atoms with Crippen molar-refractivity contribution in [1.29, 1.82) is 0 Å². The van der Waals surface area contributed by atoms with Gasteiger partial charge in [-0.15, -0.1) is 0 Å². The minimum atomic E-state index is 0. The molecule has 0 aliphatic carbocycles. The molecule has 0 heterocycles. The Morgan fingerprint density at radius 3 is 2.00 bits per heavy atom. The van der Waals surface area contributed by atoms with Gasteiger partial charge >= 0.3 is 0 Å². The molecule has 96 valence electrons. The van der Waals surface area contributed by atoms with E-state index in [0.29, 0.717) is 6.61 Å². The molecule has 0 bridgehead atoms. The first kappa shape index (κ1) is 20.4. The zero-order valence-electron chi connectivity index (χ0n) is 9.49. The number of hydrogen-bond donors (Lipinski definition) is 0. The molecular weight excluding hydrogens is 200 g/mol. The molecule has 0 amide bonds. The van der Waals surface area contributed by atoms with Crippen LogP contribution in [-0.4, -0.2) is 19.8 Å². The highest BCUT2D eigenvalue weighted by atomic mass is 16.5. The molecule has 0 N–H and O–H groups in total. The van der Waals surface area contributed by atoms with Gasteiger partial charge in [0.25, 0.3) is 0 Å². The average Bonchev–Trinajstić information content (AvgIpc) is 2.30. The molecule has 0 aliphatic heterocycles. The molecule has 0 aromatic heterocycles. The van der Waals surface area contributed by atoms with Crippen LogP contribution in [0.3, 0.4) is 0 Å². The van der Waals surface area contributed by atoms with Gasteiger partial charge in [-0.1, -0.05) is 46.9 Å². The van der Waals surface area contributed by atoms with Crippen LogP contribution in [0, 0.1) is 0 Å². The van der Waals surface area contributed by atoms with Gasteiger partial charge in [-0.05, 0) is 19.1 Å². The van der Waals surface area contributed by atoms with E-state index in [1.165, 1.54) is 0 Å². The molecule has 1 aromatic carbocycles. The summed E-state index contributed by atoms with van der Waals surface area (Å²) in [5.41, 5.74) is 0. The minimum absolute atomic E-state index is 0. The van der Waals surface area contributed by atoms with Gasteiger partial charge < -0.3 is 9.47 Å². The zero-order valence-corrected chi connectivity index (χ0v) is 9.49. The Kier molecular flexibility index (Phi) is 17.8. The third-order valence-corrected chi connectivity index (χ3v) is 1.63. The summed E-state index contributed by atoms with van der Waals surface area (Å²) in [4.78, 5) is 0. The van der Waals surface area contributed by atoms with Crippen molar-refractivity contribution >= 4 is 0 Å². The van der Waals surface area contributed by atoms with Gasteiger partial charge in [-0.25, -0.2) is 0 Å². The number of para-hydroxylation sites is 1. The van der Waals surface area contributed by atoms with Crippen LogP contribution in [0.4, 0.5) is 0 Å². The fourth-order valence-electron chi connectivity index (χ4n) is 0.798. The summed E-state index contributed by atoms with van der Waals surface area (Å²) in [6.07, 6.45) is 0.144. The van der Waals surface area contributed by atoms with Gasteiger partial charge in [0, 0.05) is 7.11 Å². The maximum absolute atomic E-state index is 5.43. The molecule has 0 saturated heterocycles. The average molecular weight is 228 g/mol. The quantitative estimate of drug-likeness (QED) is 0.760. The SMILES string of the molecule is C.C.CC.COC(C)COc1ccccc1. The van der Waals surface area contributed by atoms with Crippen molar-refractivity contribution in [1.82, 2.24) is 0 Å². The summed E-state index contributed by atoms with van der Waals surface area (Å²) in [6.45, 7) is 6.57. The van der Waals surface area contributed by atoms with E-state index in [4.69, 9.17) is 9.47 Å². The Balaban J connectivity index is -0.000000399. The minimum Gasteiger partial charge on any atom is -0.491 e. The van der Waals surface area contributed by atoms with Gasteiger partial charge in [-0.3, -0.25) is 0 Å². The molecule has 1 rings (SSSR count). The third-order valence-electron chi connectivity index (χ3n) is 1.63. The lowest BCUT2D eigenvalue weighted by Gasteiger charge is -2.10. The van der Waals surface area contributed by atoms with Crippen LogP contribution in [-0.2, 0) is 4.74 Å². The van der Waals surface area contributed by atoms with Crippen LogP contribution in [0.5, 0.6) is 5.75 Å². The molecule has 0 saturated carbocycles. The maximum Gasteiger partial charge on any atom is 0.119 e. The number of hydrogen-bond acceptors (Lipinski definition) is 2. The van der Waals surface area contributed by atoms with Crippen molar-refractivity contribution in [3.05, 3.63) is 30.3 Å². The van der Waals surface area contributed by atoms with E-state index in [1.54, 1.807) is 7.11 Å². The molecule has 1 atom stereocenters. The first-order valence-corrected chi connectivity index (χ1v) is 5.03. The van der Waals surface area contributed by atoms with E-state index in [9.17, 15) is 0 Å². The van der Waals surface area contributed by atoms with Crippen LogP contribution in [0.25, 0.3) is 0 Å². The van der Waals surface area contributed by atoms with E-state index in [0.717, 1.165) is 5.75 Å². The van der Waals surface area contributed by atoms with Gasteiger partial charge in [0.1, 0.15) is 12.4 Å². The van der Waals surface area contributed by atoms with E-state index in [1.807, 2.05) is 51.1 Å². The number of rotatable bonds is 4. The van der Waals surface area contributed by atoms with Crippen LogP contribution in [0.1, 0.15) is 35.6 Å². The summed E-state index contributed by atoms with van der Waals surface area (Å²) < 4.78 is 10.5. The van der Waals surface area contributed by atoms with Gasteiger partial charge in [0.15, 0.2) is 0 Å². The molecule has 0 radical (unpaired) electrons. The predicted molar refractivity (Wildman–Crippen MR) is 73.2 cm³/mol. The molecule has 2 heteroatoms. The topological polar surface area (TPSA) is 18.5 Å². The van der Waals surface area contributed by atoms with E-state index in [2.05, 4.69) is 0 Å². The molecule has 0 spiro atoms. The first-order chi connectivity index (χ1) is 6.83. The third kappa shape index (κ3) is 9.53. The maximum atomic E-state index is 5.43. The molecule has 0 fully saturated rings. The number of benzene rings is 1. The molecule has 1 unspecified atom stereocenters. The lowest BCUT2D eigenvalue weighted by molar-refractivity contribution is 0.0717. The second kappa shape index (κ2) is 14.0. The Bertz CT molecular complexity index is 209. The van der Waals surface area contributed by atoms with E-state index in [-0.39, 0.29) is 21.0 Å². The van der Waals surface area contributed by atoms with Crippen molar-refractivity contribution in [3.8, 4) is 5.75 Å². The number of ether oxygens (including phenoxy) is 2. The van der Waals surface area contributed by atoms with Crippen molar-refractivity contribution in [3.63, 3.8) is 0 Å². The van der Waals surface area contributed by atoms with Crippen LogP contribution in [0.15, 0.2) is 30.3 Å². The molecular formula is C14H28O2. The summed E-state index contributed by atoms with van der Waals surface area (Å²) in [5.74, 6) is 0.890. The molecule has 2 nitrogen and oxygen atoms in total. The normalized spacial score (nSPS) is 9.75. The monoisotopic (exact) mass is 228 g/mol. The highest BCUT2D eigenvalue weighted by Gasteiger charge is 1.98. The highest BCUT2D eigenvalue weighted by Crippen LogP contribution is 2.08. The van der Waals surface area contributed by atoms with Gasteiger partial charge in [-0.2, -0.15) is 0 Å². The lowest BCUT2D eigenvalue weighted by atomic mass is 10.3. The summed E-state index contributed by atoms with van der Waals surface area (Å²) in [6, 6.07) is 9.73. The smallest absolute Gasteiger partial charge is 0.119 e. The second-order valence-corrected chi connectivity index (χ2v) is 2.67. The Morgan fingerprint density at radius 2 is 1.56 bits per heavy atom. The second-order valence-electron chi connectivity index (χ2n) is 2.67. The molecule has 1 aromatic rings. The van der Waals surface area contributed by atoms with Crippen LogP contribution in [0.2, 0.25) is 0 Å². The van der Waals surface area contributed by atoms with Crippen molar-refractivity contribution in [2.75, 3.05) is 13.7 Å². The highest BCUT2D eigenvalue weighted by molar-refractivity contribution is 5.20. The predicted octanol–water partition coefficient (Wildman–Crippen LogP) is 4.40. The molecule has 16 heavy (non-hydrogen) atoms. The van der Waals surface area contributed by atoms with Gasteiger partial charge in [0.2, 0.25) is 0 Å². The Hall–Kier alpha value is -1.02. The lowest BCUT2D eigenvalue weighted by Crippen LogP contribution is -2.15. The summed E-state index contributed by atoms with van der Waals surface area (Å²) in [5, 5.41) is 0. The van der Waals surface area contributed by atoms with Crippen LogP contribution >= 0.6 is 0 Å². The van der Waals surface area contributed by atoms with E-state index >= 15 is 0 Å². The summed E-state index contributed by atoms with van der Waals surface area (Å²) >= 11 is 0. The Labute approximate surface area is 102 Å². The van der Waals surface area contributed by atoms with Gasteiger partial charge in [0.05, 0.1) is 6.10 Å². The fourth-order valence-corrected chi connectivity index (χ4v) is 0.798. The molecule has 0 aliphatic rings. The fraction of sp³-hybridized carbons (Fsp3) is 0.571.